The number of thiazole rings is 1. The number of hydrogen-bond donors (Lipinski definition) is 1. The molecule has 0 unspecified atom stereocenters. The lowest BCUT2D eigenvalue weighted by atomic mass is 10.1. The van der Waals surface area contributed by atoms with Crippen LogP contribution in [0.4, 0.5) is 5.69 Å². The molecule has 4 aromatic rings. The Labute approximate surface area is 207 Å². The van der Waals surface area contributed by atoms with Crippen LogP contribution in [0.3, 0.4) is 0 Å². The standard InChI is InChI=1S/C28H23N3O3S/c1-18-7-2-3-8-21(18)26-30-24(17-35-26)19-12-14-20(15-13-19)29-25(32)11-6-16-31-27(33)22-9-4-5-10-23(22)28(31)34/h2-5,7-10,12-15,17H,6,11,16H2,1H3,(H,29,32). The fourth-order valence-corrected chi connectivity index (χ4v) is 5.05. The number of amides is 3. The Morgan fingerprint density at radius 2 is 1.51 bits per heavy atom. The van der Waals surface area contributed by atoms with Crippen LogP contribution in [-0.2, 0) is 4.79 Å². The number of aromatic nitrogens is 1. The SMILES string of the molecule is Cc1ccccc1-c1nc(-c2ccc(NC(=O)CCCN3C(=O)c4ccccc4C3=O)cc2)cs1. The molecule has 0 aliphatic carbocycles. The first-order valence-electron chi connectivity index (χ1n) is 11.4. The van der Waals surface area contributed by atoms with Gasteiger partial charge < -0.3 is 5.32 Å². The number of anilines is 1. The monoisotopic (exact) mass is 481 g/mol. The number of benzene rings is 3. The molecule has 0 spiro atoms. The Hall–Kier alpha value is -4.10. The molecule has 3 amide bonds. The largest absolute Gasteiger partial charge is 0.326 e. The summed E-state index contributed by atoms with van der Waals surface area (Å²) in [6.45, 7) is 2.29. The predicted octanol–water partition coefficient (Wildman–Crippen LogP) is 5.80. The zero-order valence-corrected chi connectivity index (χ0v) is 20.0. The molecule has 6 nitrogen and oxygen atoms in total. The third kappa shape index (κ3) is 4.63. The lowest BCUT2D eigenvalue weighted by molar-refractivity contribution is -0.116. The van der Waals surface area contributed by atoms with E-state index < -0.39 is 0 Å². The van der Waals surface area contributed by atoms with E-state index in [2.05, 4.69) is 24.4 Å². The second kappa shape index (κ2) is 9.64. The maximum absolute atomic E-state index is 12.4. The molecule has 1 N–H and O–H groups in total. The quantitative estimate of drug-likeness (QED) is 0.338. The van der Waals surface area contributed by atoms with Crippen LogP contribution in [0, 0.1) is 6.92 Å². The molecule has 3 aromatic carbocycles. The summed E-state index contributed by atoms with van der Waals surface area (Å²) in [5.74, 6) is -0.756. The van der Waals surface area contributed by atoms with Crippen molar-refractivity contribution in [3.8, 4) is 21.8 Å². The van der Waals surface area contributed by atoms with Crippen LogP contribution < -0.4 is 5.32 Å². The van der Waals surface area contributed by atoms with E-state index >= 15 is 0 Å². The number of aryl methyl sites for hydroxylation is 1. The normalized spacial score (nSPS) is 12.7. The van der Waals surface area contributed by atoms with E-state index in [-0.39, 0.29) is 30.7 Å². The molecular weight excluding hydrogens is 458 g/mol. The molecule has 0 fully saturated rings. The molecule has 174 valence electrons. The number of carbonyl (C=O) groups is 3. The van der Waals surface area contributed by atoms with Crippen LogP contribution in [0.1, 0.15) is 39.1 Å². The maximum Gasteiger partial charge on any atom is 0.261 e. The Balaban J connectivity index is 1.15. The zero-order chi connectivity index (χ0) is 24.4. The molecule has 0 saturated heterocycles. The van der Waals surface area contributed by atoms with Crippen molar-refractivity contribution in [1.82, 2.24) is 9.88 Å². The van der Waals surface area contributed by atoms with Crippen LogP contribution in [0.2, 0.25) is 0 Å². The highest BCUT2D eigenvalue weighted by Crippen LogP contribution is 2.31. The summed E-state index contributed by atoms with van der Waals surface area (Å²) in [4.78, 5) is 43.2. The highest BCUT2D eigenvalue weighted by molar-refractivity contribution is 7.13. The van der Waals surface area contributed by atoms with Gasteiger partial charge in [0, 0.05) is 35.2 Å². The second-order valence-electron chi connectivity index (χ2n) is 8.39. The van der Waals surface area contributed by atoms with Gasteiger partial charge in [0.05, 0.1) is 16.8 Å². The topological polar surface area (TPSA) is 79.4 Å². The van der Waals surface area contributed by atoms with E-state index in [9.17, 15) is 14.4 Å². The minimum Gasteiger partial charge on any atom is -0.326 e. The van der Waals surface area contributed by atoms with Crippen LogP contribution in [0.25, 0.3) is 21.8 Å². The lowest BCUT2D eigenvalue weighted by Gasteiger charge is -2.13. The molecule has 0 radical (unpaired) electrons. The molecule has 2 heterocycles. The van der Waals surface area contributed by atoms with Gasteiger partial charge in [-0.2, -0.15) is 0 Å². The van der Waals surface area contributed by atoms with Gasteiger partial charge >= 0.3 is 0 Å². The molecule has 1 aliphatic rings. The van der Waals surface area contributed by atoms with E-state index in [1.54, 1.807) is 35.6 Å². The Bertz CT molecular complexity index is 1390. The Morgan fingerprint density at radius 1 is 0.886 bits per heavy atom. The van der Waals surface area contributed by atoms with Crippen molar-refractivity contribution in [2.24, 2.45) is 0 Å². The summed E-state index contributed by atoms with van der Waals surface area (Å²) >= 11 is 1.61. The summed E-state index contributed by atoms with van der Waals surface area (Å²) in [6.07, 6.45) is 0.608. The summed E-state index contributed by atoms with van der Waals surface area (Å²) in [5, 5.41) is 5.90. The van der Waals surface area contributed by atoms with Crippen molar-refractivity contribution in [3.05, 3.63) is 94.9 Å². The number of carbonyl (C=O) groups excluding carboxylic acids is 3. The van der Waals surface area contributed by atoms with Crippen LogP contribution >= 0.6 is 11.3 Å². The van der Waals surface area contributed by atoms with E-state index in [1.165, 1.54) is 10.5 Å². The summed E-state index contributed by atoms with van der Waals surface area (Å²) in [5.41, 5.74) is 5.73. The summed E-state index contributed by atoms with van der Waals surface area (Å²) < 4.78 is 0. The van der Waals surface area contributed by atoms with Crippen molar-refractivity contribution in [2.75, 3.05) is 11.9 Å². The van der Waals surface area contributed by atoms with Gasteiger partial charge in [0.2, 0.25) is 5.91 Å². The molecule has 1 aromatic heterocycles. The van der Waals surface area contributed by atoms with E-state index in [0.29, 0.717) is 23.2 Å². The Morgan fingerprint density at radius 3 is 2.17 bits per heavy atom. The average molecular weight is 482 g/mol. The number of hydrogen-bond acceptors (Lipinski definition) is 5. The molecule has 1 aliphatic heterocycles. The number of fused-ring (bicyclic) bond motifs is 1. The average Bonchev–Trinajstić information content (AvgIpc) is 3.45. The fraction of sp³-hybridized carbons (Fsp3) is 0.143. The molecule has 7 heteroatoms. The van der Waals surface area contributed by atoms with Gasteiger partial charge in [0.15, 0.2) is 0 Å². The first-order chi connectivity index (χ1) is 17.0. The van der Waals surface area contributed by atoms with Gasteiger partial charge in [-0.25, -0.2) is 4.98 Å². The van der Waals surface area contributed by atoms with Crippen LogP contribution in [0.15, 0.2) is 78.2 Å². The van der Waals surface area contributed by atoms with E-state index in [1.807, 2.05) is 41.8 Å². The molecule has 0 bridgehead atoms. The summed E-state index contributed by atoms with van der Waals surface area (Å²) in [7, 11) is 0. The second-order valence-corrected chi connectivity index (χ2v) is 9.25. The molecular formula is C28H23N3O3S. The van der Waals surface area contributed by atoms with Crippen LogP contribution in [-0.4, -0.2) is 34.2 Å². The highest BCUT2D eigenvalue weighted by atomic mass is 32.1. The van der Waals surface area contributed by atoms with Gasteiger partial charge in [-0.05, 0) is 43.2 Å². The van der Waals surface area contributed by atoms with Crippen LogP contribution in [0.5, 0.6) is 0 Å². The van der Waals surface area contributed by atoms with Crippen molar-refractivity contribution >= 4 is 34.7 Å². The maximum atomic E-state index is 12.4. The fourth-order valence-electron chi connectivity index (χ4n) is 4.13. The number of nitrogens with zero attached hydrogens (tertiary/aromatic N) is 2. The van der Waals surface area contributed by atoms with Crippen molar-refractivity contribution in [2.45, 2.75) is 19.8 Å². The first-order valence-corrected chi connectivity index (χ1v) is 12.3. The zero-order valence-electron chi connectivity index (χ0n) is 19.2. The summed E-state index contributed by atoms with van der Waals surface area (Å²) in [6, 6.07) is 22.5. The van der Waals surface area contributed by atoms with Gasteiger partial charge in [-0.3, -0.25) is 19.3 Å². The lowest BCUT2D eigenvalue weighted by Crippen LogP contribution is -2.31. The minimum atomic E-state index is -0.297. The van der Waals surface area contributed by atoms with Crippen molar-refractivity contribution < 1.29 is 14.4 Å². The predicted molar refractivity (Wildman–Crippen MR) is 137 cm³/mol. The number of rotatable bonds is 7. The van der Waals surface area contributed by atoms with Gasteiger partial charge in [0.1, 0.15) is 5.01 Å². The number of imide groups is 1. The molecule has 35 heavy (non-hydrogen) atoms. The third-order valence-corrected chi connectivity index (χ3v) is 6.88. The number of nitrogens with one attached hydrogen (secondary N) is 1. The molecule has 0 atom stereocenters. The first kappa shape index (κ1) is 22.7. The Kier molecular flexibility index (Phi) is 6.25. The van der Waals surface area contributed by atoms with E-state index in [0.717, 1.165) is 21.8 Å². The van der Waals surface area contributed by atoms with Crippen molar-refractivity contribution in [1.29, 1.82) is 0 Å². The van der Waals surface area contributed by atoms with E-state index in [4.69, 9.17) is 4.98 Å². The van der Waals surface area contributed by atoms with Crippen molar-refractivity contribution in [3.63, 3.8) is 0 Å². The van der Waals surface area contributed by atoms with Gasteiger partial charge in [-0.1, -0.05) is 48.5 Å². The molecule has 5 rings (SSSR count). The minimum absolute atomic E-state index is 0.162. The molecule has 0 saturated carbocycles. The highest BCUT2D eigenvalue weighted by Gasteiger charge is 2.34. The van der Waals surface area contributed by atoms with Gasteiger partial charge in [0.25, 0.3) is 11.8 Å². The van der Waals surface area contributed by atoms with Gasteiger partial charge in [-0.15, -0.1) is 11.3 Å². The smallest absolute Gasteiger partial charge is 0.261 e. The third-order valence-electron chi connectivity index (χ3n) is 6.01.